The van der Waals surface area contributed by atoms with Gasteiger partial charge in [-0.1, -0.05) is 37.8 Å². The zero-order chi connectivity index (χ0) is 14.4. The quantitative estimate of drug-likeness (QED) is 0.928. The van der Waals surface area contributed by atoms with Gasteiger partial charge in [-0.05, 0) is 36.0 Å². The molecule has 1 aromatic rings. The summed E-state index contributed by atoms with van der Waals surface area (Å²) in [6, 6.07) is 7.13. The summed E-state index contributed by atoms with van der Waals surface area (Å²) in [5.74, 6) is 1.33. The SMILES string of the molecule is CS(=O)(=O)c1ccc(C2(CO)CC2C2CCCC2)cc1. The highest BCUT2D eigenvalue weighted by atomic mass is 32.2. The third-order valence-electron chi connectivity index (χ3n) is 5.24. The largest absolute Gasteiger partial charge is 0.395 e. The van der Waals surface area contributed by atoms with Crippen molar-refractivity contribution in [3.8, 4) is 0 Å². The van der Waals surface area contributed by atoms with E-state index in [9.17, 15) is 13.5 Å². The van der Waals surface area contributed by atoms with E-state index in [1.165, 1.54) is 31.9 Å². The number of aliphatic hydroxyl groups excluding tert-OH is 1. The maximum absolute atomic E-state index is 11.5. The van der Waals surface area contributed by atoms with E-state index in [1.807, 2.05) is 12.1 Å². The van der Waals surface area contributed by atoms with Crippen molar-refractivity contribution in [1.29, 1.82) is 0 Å². The van der Waals surface area contributed by atoms with Crippen LogP contribution in [-0.2, 0) is 15.3 Å². The van der Waals surface area contributed by atoms with E-state index in [0.29, 0.717) is 10.8 Å². The van der Waals surface area contributed by atoms with E-state index in [2.05, 4.69) is 0 Å². The van der Waals surface area contributed by atoms with Crippen LogP contribution in [0.1, 0.15) is 37.7 Å². The van der Waals surface area contributed by atoms with Crippen molar-refractivity contribution in [3.63, 3.8) is 0 Å². The van der Waals surface area contributed by atoms with Gasteiger partial charge >= 0.3 is 0 Å². The number of rotatable bonds is 4. The smallest absolute Gasteiger partial charge is 0.175 e. The van der Waals surface area contributed by atoms with Crippen LogP contribution < -0.4 is 0 Å². The molecule has 110 valence electrons. The summed E-state index contributed by atoms with van der Waals surface area (Å²) >= 11 is 0. The first kappa shape index (κ1) is 14.1. The average Bonchev–Trinajstić information content (AvgIpc) is 2.93. The summed E-state index contributed by atoms with van der Waals surface area (Å²) < 4.78 is 23.0. The molecule has 0 amide bonds. The molecule has 0 aromatic heterocycles. The van der Waals surface area contributed by atoms with E-state index in [-0.39, 0.29) is 12.0 Å². The minimum atomic E-state index is -3.14. The molecule has 2 fully saturated rings. The molecule has 0 spiro atoms. The summed E-state index contributed by atoms with van der Waals surface area (Å²) in [5, 5.41) is 9.85. The Morgan fingerprint density at radius 1 is 1.20 bits per heavy atom. The monoisotopic (exact) mass is 294 g/mol. The van der Waals surface area contributed by atoms with Gasteiger partial charge in [0.05, 0.1) is 11.5 Å². The number of hydrogen-bond donors (Lipinski definition) is 1. The molecule has 2 aliphatic carbocycles. The van der Waals surface area contributed by atoms with Gasteiger partial charge in [-0.3, -0.25) is 0 Å². The van der Waals surface area contributed by atoms with Crippen molar-refractivity contribution in [2.75, 3.05) is 12.9 Å². The van der Waals surface area contributed by atoms with Gasteiger partial charge in [0.25, 0.3) is 0 Å². The standard InChI is InChI=1S/C16H22O3S/c1-20(18,19)14-8-6-13(7-9-14)16(11-17)10-15(16)12-4-2-3-5-12/h6-9,12,15,17H,2-5,10-11H2,1H3. The number of benzene rings is 1. The molecule has 4 heteroatoms. The van der Waals surface area contributed by atoms with Crippen LogP contribution in [0.2, 0.25) is 0 Å². The number of aliphatic hydroxyl groups is 1. The minimum Gasteiger partial charge on any atom is -0.395 e. The van der Waals surface area contributed by atoms with E-state index in [0.717, 1.165) is 17.9 Å². The Bertz CT molecular complexity index is 585. The molecule has 0 aliphatic heterocycles. The van der Waals surface area contributed by atoms with Gasteiger partial charge in [-0.25, -0.2) is 8.42 Å². The zero-order valence-corrected chi connectivity index (χ0v) is 12.7. The van der Waals surface area contributed by atoms with Gasteiger partial charge in [-0.2, -0.15) is 0 Å². The Balaban J connectivity index is 1.84. The summed E-state index contributed by atoms with van der Waals surface area (Å²) in [6.07, 6.45) is 7.47. The Labute approximate surface area is 120 Å². The molecule has 20 heavy (non-hydrogen) atoms. The van der Waals surface area contributed by atoms with E-state index in [4.69, 9.17) is 0 Å². The Kier molecular flexibility index (Phi) is 3.41. The van der Waals surface area contributed by atoms with Crippen LogP contribution in [0, 0.1) is 11.8 Å². The molecule has 2 unspecified atom stereocenters. The number of sulfone groups is 1. The first-order chi connectivity index (χ1) is 9.47. The highest BCUT2D eigenvalue weighted by Crippen LogP contribution is 2.60. The summed E-state index contributed by atoms with van der Waals surface area (Å²) in [4.78, 5) is 0.354. The maximum Gasteiger partial charge on any atom is 0.175 e. The normalized spacial score (nSPS) is 30.6. The highest BCUT2D eigenvalue weighted by molar-refractivity contribution is 7.90. The van der Waals surface area contributed by atoms with Gasteiger partial charge in [0.15, 0.2) is 9.84 Å². The van der Waals surface area contributed by atoms with Crippen LogP contribution in [0.3, 0.4) is 0 Å². The van der Waals surface area contributed by atoms with Crippen LogP contribution in [0.4, 0.5) is 0 Å². The Hall–Kier alpha value is -0.870. The van der Waals surface area contributed by atoms with Crippen molar-refractivity contribution >= 4 is 9.84 Å². The summed E-state index contributed by atoms with van der Waals surface area (Å²) in [5.41, 5.74) is 0.995. The van der Waals surface area contributed by atoms with Crippen LogP contribution in [-0.4, -0.2) is 26.4 Å². The lowest BCUT2D eigenvalue weighted by Crippen LogP contribution is -2.18. The predicted molar refractivity (Wildman–Crippen MR) is 78.4 cm³/mol. The third kappa shape index (κ3) is 2.29. The molecule has 1 aromatic carbocycles. The predicted octanol–water partition coefficient (Wildman–Crippen LogP) is 2.53. The summed E-state index contributed by atoms with van der Waals surface area (Å²) in [6.45, 7) is 0.173. The lowest BCUT2D eigenvalue weighted by atomic mass is 9.88. The highest BCUT2D eigenvalue weighted by Gasteiger charge is 2.57. The maximum atomic E-state index is 11.5. The number of hydrogen-bond acceptors (Lipinski definition) is 3. The zero-order valence-electron chi connectivity index (χ0n) is 11.9. The topological polar surface area (TPSA) is 54.4 Å². The van der Waals surface area contributed by atoms with Gasteiger partial charge in [0, 0.05) is 11.7 Å². The lowest BCUT2D eigenvalue weighted by Gasteiger charge is -2.18. The molecule has 0 saturated heterocycles. The minimum absolute atomic E-state index is 0.106. The fourth-order valence-electron chi connectivity index (χ4n) is 3.95. The molecule has 2 aliphatic rings. The molecule has 3 rings (SSSR count). The van der Waals surface area contributed by atoms with Gasteiger partial charge in [0.1, 0.15) is 0 Å². The second-order valence-corrected chi connectivity index (χ2v) is 8.48. The van der Waals surface area contributed by atoms with Gasteiger partial charge < -0.3 is 5.11 Å². The Morgan fingerprint density at radius 3 is 2.30 bits per heavy atom. The van der Waals surface area contributed by atoms with Crippen LogP contribution in [0.5, 0.6) is 0 Å². The molecule has 1 N–H and O–H groups in total. The molecule has 0 radical (unpaired) electrons. The van der Waals surface area contributed by atoms with Crippen LogP contribution >= 0.6 is 0 Å². The van der Waals surface area contributed by atoms with Crippen molar-refractivity contribution in [2.45, 2.75) is 42.4 Å². The van der Waals surface area contributed by atoms with Crippen LogP contribution in [0.15, 0.2) is 29.2 Å². The van der Waals surface area contributed by atoms with E-state index >= 15 is 0 Å². The van der Waals surface area contributed by atoms with Crippen molar-refractivity contribution in [3.05, 3.63) is 29.8 Å². The van der Waals surface area contributed by atoms with Crippen LogP contribution in [0.25, 0.3) is 0 Å². The fourth-order valence-corrected chi connectivity index (χ4v) is 4.58. The Morgan fingerprint density at radius 2 is 1.80 bits per heavy atom. The van der Waals surface area contributed by atoms with Gasteiger partial charge in [-0.15, -0.1) is 0 Å². The second-order valence-electron chi connectivity index (χ2n) is 6.47. The summed E-state index contributed by atoms with van der Waals surface area (Å²) in [7, 11) is -3.14. The third-order valence-corrected chi connectivity index (χ3v) is 6.37. The fraction of sp³-hybridized carbons (Fsp3) is 0.625. The van der Waals surface area contributed by atoms with Crippen molar-refractivity contribution in [1.82, 2.24) is 0 Å². The second kappa shape index (κ2) is 4.85. The molecule has 0 heterocycles. The molecule has 2 atom stereocenters. The molecule has 0 bridgehead atoms. The van der Waals surface area contributed by atoms with E-state index in [1.54, 1.807) is 12.1 Å². The molecular weight excluding hydrogens is 272 g/mol. The van der Waals surface area contributed by atoms with E-state index < -0.39 is 9.84 Å². The average molecular weight is 294 g/mol. The van der Waals surface area contributed by atoms with Crippen molar-refractivity contribution < 1.29 is 13.5 Å². The molecule has 3 nitrogen and oxygen atoms in total. The molecule has 2 saturated carbocycles. The first-order valence-electron chi connectivity index (χ1n) is 7.39. The lowest BCUT2D eigenvalue weighted by molar-refractivity contribution is 0.233. The van der Waals surface area contributed by atoms with Gasteiger partial charge in [0.2, 0.25) is 0 Å². The first-order valence-corrected chi connectivity index (χ1v) is 9.28. The van der Waals surface area contributed by atoms with Crippen molar-refractivity contribution in [2.24, 2.45) is 11.8 Å². The molecular formula is C16H22O3S.